The maximum atomic E-state index is 13.2. The van der Waals surface area contributed by atoms with Crippen LogP contribution < -0.4 is 5.73 Å². The van der Waals surface area contributed by atoms with E-state index in [1.807, 2.05) is 0 Å². The Morgan fingerprint density at radius 3 is 2.48 bits per heavy atom. The third kappa shape index (κ3) is 4.66. The molecular weight excluding hydrogens is 308 g/mol. The second kappa shape index (κ2) is 6.84. The highest BCUT2D eigenvalue weighted by molar-refractivity contribution is 7.80. The summed E-state index contributed by atoms with van der Waals surface area (Å²) in [7, 11) is 0. The minimum atomic E-state index is -4.85. The molecule has 2 N–H and O–H groups in total. The lowest BCUT2D eigenvalue weighted by molar-refractivity contribution is -0.140. The lowest BCUT2D eigenvalue weighted by Crippen LogP contribution is -2.33. The number of halogens is 4. The molecule has 8 heteroatoms. The fourth-order valence-electron chi connectivity index (χ4n) is 1.71. The number of alkyl halides is 3. The highest BCUT2D eigenvalue weighted by Gasteiger charge is 2.35. The highest BCUT2D eigenvalue weighted by atomic mass is 32.1. The zero-order valence-corrected chi connectivity index (χ0v) is 12.0. The van der Waals surface area contributed by atoms with Gasteiger partial charge in [0.15, 0.2) is 0 Å². The summed E-state index contributed by atoms with van der Waals surface area (Å²) < 4.78 is 51.1. The van der Waals surface area contributed by atoms with E-state index in [0.29, 0.717) is 12.1 Å². The summed E-state index contributed by atoms with van der Waals surface area (Å²) >= 11 is 4.69. The Kier molecular flexibility index (Phi) is 5.65. The molecule has 116 valence electrons. The molecule has 0 radical (unpaired) electrons. The average Bonchev–Trinajstić information content (AvgIpc) is 2.38. The topological polar surface area (TPSA) is 46.3 Å². The van der Waals surface area contributed by atoms with Gasteiger partial charge in [0.25, 0.3) is 5.91 Å². The first-order valence-corrected chi connectivity index (χ1v) is 6.52. The second-order valence-electron chi connectivity index (χ2n) is 4.29. The van der Waals surface area contributed by atoms with Crippen LogP contribution in [0.5, 0.6) is 0 Å². The molecule has 0 aliphatic heterocycles. The molecular formula is C13H14F4N2OS. The van der Waals surface area contributed by atoms with Crippen molar-refractivity contribution in [3.8, 4) is 0 Å². The Balaban J connectivity index is 3.03. The van der Waals surface area contributed by atoms with E-state index in [-0.39, 0.29) is 30.1 Å². The number of carbonyl (C=O) groups excluding carboxylic acids is 1. The molecule has 0 saturated carbocycles. The molecule has 21 heavy (non-hydrogen) atoms. The van der Waals surface area contributed by atoms with Crippen molar-refractivity contribution < 1.29 is 22.4 Å². The van der Waals surface area contributed by atoms with Crippen molar-refractivity contribution >= 4 is 23.1 Å². The number of thiocarbonyl (C=S) groups is 1. The summed E-state index contributed by atoms with van der Waals surface area (Å²) in [6, 6.07) is 2.18. The van der Waals surface area contributed by atoms with Crippen molar-refractivity contribution in [2.75, 3.05) is 13.1 Å². The fraction of sp³-hybridized carbons (Fsp3) is 0.385. The van der Waals surface area contributed by atoms with Crippen LogP contribution in [0.25, 0.3) is 0 Å². The van der Waals surface area contributed by atoms with Gasteiger partial charge >= 0.3 is 6.18 Å². The van der Waals surface area contributed by atoms with Gasteiger partial charge in [-0.25, -0.2) is 4.39 Å². The molecule has 1 amide bonds. The number of nitrogens with zero attached hydrogens (tertiary/aromatic N) is 1. The zero-order chi connectivity index (χ0) is 16.2. The molecule has 1 aromatic rings. The number of hydrogen-bond donors (Lipinski definition) is 1. The first-order valence-electron chi connectivity index (χ1n) is 6.11. The first kappa shape index (κ1) is 17.4. The van der Waals surface area contributed by atoms with E-state index in [2.05, 4.69) is 0 Å². The lowest BCUT2D eigenvalue weighted by atomic mass is 10.1. The number of amides is 1. The van der Waals surface area contributed by atoms with Crippen LogP contribution in [0.15, 0.2) is 18.2 Å². The number of nitrogens with two attached hydrogens (primary N) is 1. The molecule has 0 heterocycles. The van der Waals surface area contributed by atoms with Crippen molar-refractivity contribution in [2.45, 2.75) is 19.5 Å². The molecule has 3 nitrogen and oxygen atoms in total. The van der Waals surface area contributed by atoms with Crippen LogP contribution in [-0.2, 0) is 6.18 Å². The average molecular weight is 322 g/mol. The molecule has 0 spiro atoms. The maximum Gasteiger partial charge on any atom is 0.419 e. The van der Waals surface area contributed by atoms with Crippen molar-refractivity contribution in [3.05, 3.63) is 35.1 Å². The van der Waals surface area contributed by atoms with Crippen LogP contribution in [0.4, 0.5) is 17.6 Å². The van der Waals surface area contributed by atoms with Gasteiger partial charge in [-0.15, -0.1) is 0 Å². The molecule has 0 atom stereocenters. The normalized spacial score (nSPS) is 11.3. The summed E-state index contributed by atoms with van der Waals surface area (Å²) in [4.78, 5) is 13.6. The van der Waals surface area contributed by atoms with Crippen molar-refractivity contribution in [3.63, 3.8) is 0 Å². The van der Waals surface area contributed by atoms with Gasteiger partial charge < -0.3 is 10.6 Å². The first-order chi connectivity index (χ1) is 9.66. The maximum absolute atomic E-state index is 13.2. The van der Waals surface area contributed by atoms with E-state index < -0.39 is 23.5 Å². The van der Waals surface area contributed by atoms with E-state index in [0.717, 1.165) is 6.07 Å². The molecule has 0 aliphatic carbocycles. The Morgan fingerprint density at radius 2 is 2.00 bits per heavy atom. The van der Waals surface area contributed by atoms with Crippen LogP contribution in [0.3, 0.4) is 0 Å². The smallest absolute Gasteiger partial charge is 0.393 e. The van der Waals surface area contributed by atoms with E-state index >= 15 is 0 Å². The van der Waals surface area contributed by atoms with Gasteiger partial charge in [-0.2, -0.15) is 13.2 Å². The molecule has 0 saturated heterocycles. The standard InChI is InChI=1S/C13H14F4N2OS/c1-2-19(6-5-11(18)21)12(20)8-3-4-10(14)9(7-8)13(15,16)17/h3-4,7H,2,5-6H2,1H3,(H2,18,21). The molecule has 1 rings (SSSR count). The minimum absolute atomic E-state index is 0.198. The van der Waals surface area contributed by atoms with Crippen molar-refractivity contribution in [1.82, 2.24) is 4.90 Å². The van der Waals surface area contributed by atoms with Gasteiger partial charge in [-0.05, 0) is 25.1 Å². The van der Waals surface area contributed by atoms with Crippen LogP contribution in [0.2, 0.25) is 0 Å². The predicted molar refractivity (Wildman–Crippen MR) is 74.4 cm³/mol. The molecule has 0 aromatic heterocycles. The SMILES string of the molecule is CCN(CCC(N)=S)C(=O)c1ccc(F)c(C(F)(F)F)c1. The van der Waals surface area contributed by atoms with E-state index in [1.165, 1.54) is 4.90 Å². The molecule has 1 aromatic carbocycles. The van der Waals surface area contributed by atoms with Crippen LogP contribution in [0.1, 0.15) is 29.3 Å². The molecule has 0 bridgehead atoms. The molecule has 0 unspecified atom stereocenters. The quantitative estimate of drug-likeness (QED) is 0.670. The van der Waals surface area contributed by atoms with Gasteiger partial charge in [0.1, 0.15) is 5.82 Å². The van der Waals surface area contributed by atoms with E-state index in [9.17, 15) is 22.4 Å². The van der Waals surface area contributed by atoms with Gasteiger partial charge in [0.05, 0.1) is 10.6 Å². The van der Waals surface area contributed by atoms with Crippen molar-refractivity contribution in [2.24, 2.45) is 5.73 Å². The number of carbonyl (C=O) groups is 1. The predicted octanol–water partition coefficient (Wildman–Crippen LogP) is 2.98. The highest BCUT2D eigenvalue weighted by Crippen LogP contribution is 2.32. The Labute approximate surface area is 124 Å². The summed E-state index contributed by atoms with van der Waals surface area (Å²) in [5.74, 6) is -2.04. The monoisotopic (exact) mass is 322 g/mol. The van der Waals surface area contributed by atoms with Gasteiger partial charge in [-0.3, -0.25) is 4.79 Å². The van der Waals surface area contributed by atoms with Crippen LogP contribution >= 0.6 is 12.2 Å². The lowest BCUT2D eigenvalue weighted by Gasteiger charge is -2.21. The summed E-state index contributed by atoms with van der Waals surface area (Å²) in [5, 5.41) is 0. The Bertz CT molecular complexity index is 545. The van der Waals surface area contributed by atoms with Crippen LogP contribution in [0, 0.1) is 5.82 Å². The number of benzene rings is 1. The summed E-state index contributed by atoms with van der Waals surface area (Å²) in [6.45, 7) is 2.15. The van der Waals surface area contributed by atoms with E-state index in [4.69, 9.17) is 18.0 Å². The van der Waals surface area contributed by atoms with Crippen LogP contribution in [-0.4, -0.2) is 28.9 Å². The Morgan fingerprint density at radius 1 is 1.38 bits per heavy atom. The fourth-order valence-corrected chi connectivity index (χ4v) is 1.80. The molecule has 0 fully saturated rings. The third-order valence-electron chi connectivity index (χ3n) is 2.82. The molecule has 0 aliphatic rings. The number of rotatable bonds is 5. The van der Waals surface area contributed by atoms with Gasteiger partial charge in [0.2, 0.25) is 0 Å². The minimum Gasteiger partial charge on any atom is -0.393 e. The largest absolute Gasteiger partial charge is 0.419 e. The Hall–Kier alpha value is -1.70. The second-order valence-corrected chi connectivity index (χ2v) is 4.82. The van der Waals surface area contributed by atoms with Gasteiger partial charge in [0, 0.05) is 25.1 Å². The summed E-state index contributed by atoms with van der Waals surface area (Å²) in [6.07, 6.45) is -4.58. The summed E-state index contributed by atoms with van der Waals surface area (Å²) in [5.41, 5.74) is 3.64. The third-order valence-corrected chi connectivity index (χ3v) is 3.02. The van der Waals surface area contributed by atoms with Gasteiger partial charge in [-0.1, -0.05) is 12.2 Å². The number of hydrogen-bond acceptors (Lipinski definition) is 2. The van der Waals surface area contributed by atoms with Crippen molar-refractivity contribution in [1.29, 1.82) is 0 Å². The van der Waals surface area contributed by atoms with E-state index in [1.54, 1.807) is 6.92 Å². The zero-order valence-electron chi connectivity index (χ0n) is 11.2.